The molecule has 0 aromatic heterocycles. The number of aliphatic hydroxyl groups is 1. The number of piperazine rings is 1. The number of benzene rings is 2. The highest BCUT2D eigenvalue weighted by Crippen LogP contribution is 2.58. The summed E-state index contributed by atoms with van der Waals surface area (Å²) in [4.78, 5) is 29.5. The molecule has 1 unspecified atom stereocenters. The van der Waals surface area contributed by atoms with Gasteiger partial charge in [-0.15, -0.1) is 0 Å². The summed E-state index contributed by atoms with van der Waals surface area (Å²) in [5.41, 5.74) is 4.73. The highest BCUT2D eigenvalue weighted by molar-refractivity contribution is 5.77. The molecule has 4 heterocycles. The van der Waals surface area contributed by atoms with Crippen LogP contribution in [0.4, 0.5) is 0 Å². The Morgan fingerprint density at radius 1 is 1.12 bits per heavy atom. The maximum Gasteiger partial charge on any atom is 0.308 e. The molecule has 2 bridgehead atoms. The standard InChI is InChI=1S/C32H41N3O8/c1-14(2)8-23(37)33-12-22-25-19(29(43-17(5)36)16(4)30-31(25)42-13-41-30)11-20-26-24-18(9-15(3)28(40-7)27(24)38)10-21(34(26)6)32(39)35(20)22/h9,14,20-22,26,32,38-39H,8,10-13H2,1-7H3,(H,33,37)/t20?,21-,22+,26+,32+/m1/s1. The van der Waals surface area contributed by atoms with Gasteiger partial charge in [0.25, 0.3) is 0 Å². The third kappa shape index (κ3) is 4.60. The van der Waals surface area contributed by atoms with E-state index in [9.17, 15) is 19.8 Å². The van der Waals surface area contributed by atoms with Crippen molar-refractivity contribution in [2.45, 2.75) is 84.3 Å². The number of phenolic OH excluding ortho intramolecular Hbond substituents is 1. The second kappa shape index (κ2) is 10.9. The number of ether oxygens (including phenoxy) is 4. The number of hydrogen-bond donors (Lipinski definition) is 3. The molecule has 5 atom stereocenters. The first kappa shape index (κ1) is 29.5. The van der Waals surface area contributed by atoms with E-state index in [0.29, 0.717) is 47.8 Å². The molecule has 1 amide bonds. The van der Waals surface area contributed by atoms with Gasteiger partial charge in [0, 0.05) is 48.2 Å². The molecule has 3 N–H and O–H groups in total. The highest BCUT2D eigenvalue weighted by Gasteiger charge is 2.56. The van der Waals surface area contributed by atoms with E-state index in [1.165, 1.54) is 6.92 Å². The lowest BCUT2D eigenvalue weighted by atomic mass is 9.73. The third-order valence-electron chi connectivity index (χ3n) is 9.43. The van der Waals surface area contributed by atoms with Crippen molar-refractivity contribution in [3.05, 3.63) is 39.4 Å². The van der Waals surface area contributed by atoms with E-state index in [2.05, 4.69) is 15.1 Å². The first-order chi connectivity index (χ1) is 20.4. The minimum atomic E-state index is -0.902. The molecule has 1 fully saturated rings. The predicted octanol–water partition coefficient (Wildman–Crippen LogP) is 3.03. The van der Waals surface area contributed by atoms with Crippen molar-refractivity contribution in [3.8, 4) is 28.7 Å². The van der Waals surface area contributed by atoms with E-state index in [-0.39, 0.29) is 49.0 Å². The number of phenols is 1. The minimum Gasteiger partial charge on any atom is -0.504 e. The number of hydrogen-bond acceptors (Lipinski definition) is 10. The van der Waals surface area contributed by atoms with Crippen molar-refractivity contribution in [1.82, 2.24) is 15.1 Å². The van der Waals surface area contributed by atoms with E-state index < -0.39 is 18.2 Å². The number of nitrogens with zero attached hydrogens (tertiary/aromatic N) is 2. The molecule has 2 aromatic rings. The molecule has 43 heavy (non-hydrogen) atoms. The van der Waals surface area contributed by atoms with Gasteiger partial charge in [-0.3, -0.25) is 19.4 Å². The lowest BCUT2D eigenvalue weighted by molar-refractivity contribution is -0.172. The number of rotatable bonds is 6. The smallest absolute Gasteiger partial charge is 0.308 e. The summed E-state index contributed by atoms with van der Waals surface area (Å²) >= 11 is 0. The van der Waals surface area contributed by atoms with Gasteiger partial charge >= 0.3 is 5.97 Å². The Morgan fingerprint density at radius 3 is 2.51 bits per heavy atom. The number of methoxy groups -OCH3 is 1. The molecular formula is C32H41N3O8. The van der Waals surface area contributed by atoms with E-state index >= 15 is 0 Å². The Morgan fingerprint density at radius 2 is 1.84 bits per heavy atom. The fourth-order valence-electron chi connectivity index (χ4n) is 7.77. The Balaban J connectivity index is 1.56. The SMILES string of the molecule is COc1c(C)cc2c(c1O)[C@@H]1C3Cc4c(OC(C)=O)c(C)c5c(c4[C@H](CNC(=O)CC(C)C)N3[C@@H](O)[C@@H](C2)N1C)OCO5. The molecule has 11 nitrogen and oxygen atoms in total. The van der Waals surface area contributed by atoms with Crippen molar-refractivity contribution in [2.75, 3.05) is 27.5 Å². The van der Waals surface area contributed by atoms with Crippen LogP contribution >= 0.6 is 0 Å². The number of esters is 1. The summed E-state index contributed by atoms with van der Waals surface area (Å²) in [6, 6.07) is 0.544. The van der Waals surface area contributed by atoms with Crippen LogP contribution in [0.25, 0.3) is 0 Å². The number of aryl methyl sites for hydroxylation is 1. The van der Waals surface area contributed by atoms with Crippen LogP contribution in [-0.4, -0.2) is 77.7 Å². The number of carbonyl (C=O) groups is 2. The Bertz CT molecular complexity index is 1490. The first-order valence-electron chi connectivity index (χ1n) is 14.9. The van der Waals surface area contributed by atoms with Gasteiger partial charge < -0.3 is 34.5 Å². The zero-order chi connectivity index (χ0) is 30.9. The average Bonchev–Trinajstić information content (AvgIpc) is 3.42. The van der Waals surface area contributed by atoms with Gasteiger partial charge in [0.2, 0.25) is 12.7 Å². The Hall–Kier alpha value is -3.54. The van der Waals surface area contributed by atoms with Gasteiger partial charge in [0.1, 0.15) is 12.0 Å². The van der Waals surface area contributed by atoms with E-state index in [4.69, 9.17) is 18.9 Å². The monoisotopic (exact) mass is 595 g/mol. The minimum absolute atomic E-state index is 0.0128. The molecule has 2 aromatic carbocycles. The van der Waals surface area contributed by atoms with Crippen LogP contribution in [0.2, 0.25) is 0 Å². The van der Waals surface area contributed by atoms with Crippen molar-refractivity contribution in [1.29, 1.82) is 0 Å². The third-order valence-corrected chi connectivity index (χ3v) is 9.43. The van der Waals surface area contributed by atoms with E-state index in [0.717, 1.165) is 27.8 Å². The van der Waals surface area contributed by atoms with E-state index in [1.807, 2.05) is 40.8 Å². The van der Waals surface area contributed by atoms with Crippen LogP contribution in [0.3, 0.4) is 0 Å². The molecule has 0 radical (unpaired) electrons. The molecule has 0 aliphatic carbocycles. The van der Waals surface area contributed by atoms with Crippen LogP contribution in [0.5, 0.6) is 28.7 Å². The fourth-order valence-corrected chi connectivity index (χ4v) is 7.77. The molecule has 0 saturated carbocycles. The topological polar surface area (TPSA) is 130 Å². The number of amides is 1. The van der Waals surface area contributed by atoms with Crippen LogP contribution in [0.15, 0.2) is 6.07 Å². The summed E-state index contributed by atoms with van der Waals surface area (Å²) in [6.45, 7) is 9.29. The number of aliphatic hydroxyl groups excluding tert-OH is 1. The summed E-state index contributed by atoms with van der Waals surface area (Å²) in [7, 11) is 3.52. The normalized spacial score (nSPS) is 25.6. The number of likely N-dealkylation sites (N-methyl/N-ethyl adjacent to an activating group) is 1. The largest absolute Gasteiger partial charge is 0.504 e. The summed E-state index contributed by atoms with van der Waals surface area (Å²) in [6.07, 6.45) is 0.374. The number of nitrogens with one attached hydrogen (secondary N) is 1. The van der Waals surface area contributed by atoms with Crippen molar-refractivity contribution in [3.63, 3.8) is 0 Å². The van der Waals surface area contributed by atoms with Crippen molar-refractivity contribution in [2.24, 2.45) is 5.92 Å². The number of aromatic hydroxyl groups is 1. The van der Waals surface area contributed by atoms with Crippen LogP contribution in [-0.2, 0) is 22.4 Å². The van der Waals surface area contributed by atoms with Crippen molar-refractivity contribution >= 4 is 11.9 Å². The first-order valence-corrected chi connectivity index (χ1v) is 14.9. The summed E-state index contributed by atoms with van der Waals surface area (Å²) < 4.78 is 23.4. The maximum atomic E-state index is 12.9. The second-order valence-electron chi connectivity index (χ2n) is 12.6. The quantitative estimate of drug-likeness (QED) is 0.339. The van der Waals surface area contributed by atoms with Gasteiger partial charge in [0.05, 0.1) is 25.2 Å². The number of fused-ring (bicyclic) bond motifs is 9. The molecule has 6 rings (SSSR count). The van der Waals surface area contributed by atoms with Crippen LogP contribution in [0.1, 0.15) is 72.7 Å². The van der Waals surface area contributed by atoms with E-state index in [1.54, 1.807) is 7.11 Å². The van der Waals surface area contributed by atoms with Gasteiger partial charge in [-0.25, -0.2) is 0 Å². The lowest BCUT2D eigenvalue weighted by Gasteiger charge is -2.60. The average molecular weight is 596 g/mol. The molecule has 11 heteroatoms. The summed E-state index contributed by atoms with van der Waals surface area (Å²) in [5.74, 6) is 1.60. The molecule has 232 valence electrons. The predicted molar refractivity (Wildman–Crippen MR) is 157 cm³/mol. The molecule has 1 saturated heterocycles. The van der Waals surface area contributed by atoms with Crippen molar-refractivity contribution < 1.29 is 38.7 Å². The molecule has 0 spiro atoms. The highest BCUT2D eigenvalue weighted by atomic mass is 16.7. The van der Waals surface area contributed by atoms with Gasteiger partial charge in [0.15, 0.2) is 23.0 Å². The van der Waals surface area contributed by atoms with Gasteiger partial charge in [-0.1, -0.05) is 19.9 Å². The molecule has 4 aliphatic rings. The van der Waals surface area contributed by atoms with Crippen LogP contribution in [0, 0.1) is 19.8 Å². The lowest BCUT2D eigenvalue weighted by Crippen LogP contribution is -2.69. The van der Waals surface area contributed by atoms with Gasteiger partial charge in [-0.2, -0.15) is 0 Å². The summed E-state index contributed by atoms with van der Waals surface area (Å²) in [5, 5.41) is 26.8. The zero-order valence-corrected chi connectivity index (χ0v) is 25.8. The Kier molecular flexibility index (Phi) is 7.46. The zero-order valence-electron chi connectivity index (χ0n) is 25.8. The molecular weight excluding hydrogens is 554 g/mol. The van der Waals surface area contributed by atoms with Crippen LogP contribution < -0.4 is 24.3 Å². The molecule has 4 aliphatic heterocycles. The van der Waals surface area contributed by atoms with Gasteiger partial charge in [-0.05, 0) is 50.8 Å². The number of carbonyl (C=O) groups excluding carboxylic acids is 2. The Labute approximate surface area is 251 Å². The second-order valence-corrected chi connectivity index (χ2v) is 12.6. The maximum absolute atomic E-state index is 12.9. The fraction of sp³-hybridized carbons (Fsp3) is 0.562.